The molecular weight excluding hydrogens is 401 g/mol. The molecule has 0 saturated heterocycles. The van der Waals surface area contributed by atoms with Crippen LogP contribution in [0.15, 0.2) is 34.7 Å². The first-order valence-corrected chi connectivity index (χ1v) is 8.79. The predicted octanol–water partition coefficient (Wildman–Crippen LogP) is 3.96. The molecule has 0 aliphatic rings. The molecule has 0 radical (unpaired) electrons. The number of hydrogen-bond donors (Lipinski definition) is 2. The van der Waals surface area contributed by atoms with Gasteiger partial charge in [-0.1, -0.05) is 29.3 Å². The fourth-order valence-electron chi connectivity index (χ4n) is 2.60. The predicted molar refractivity (Wildman–Crippen MR) is 106 cm³/mol. The first-order valence-electron chi connectivity index (χ1n) is 8.03. The second-order valence-corrected chi connectivity index (χ2v) is 6.43. The van der Waals surface area contributed by atoms with Crippen molar-refractivity contribution in [3.63, 3.8) is 0 Å². The van der Waals surface area contributed by atoms with Gasteiger partial charge in [0.15, 0.2) is 0 Å². The minimum Gasteiger partial charge on any atom is -0.457 e. The SMILES string of the molecule is N#CC(=Cc1ccc(-c2cccc(Cl)c2Cl)o1)c1nn(CCO)c(N)c1C#N. The second kappa shape index (κ2) is 8.20. The van der Waals surface area contributed by atoms with E-state index in [1.807, 2.05) is 12.1 Å². The Kier molecular flexibility index (Phi) is 5.72. The van der Waals surface area contributed by atoms with E-state index >= 15 is 0 Å². The summed E-state index contributed by atoms with van der Waals surface area (Å²) in [6, 6.07) is 12.5. The summed E-state index contributed by atoms with van der Waals surface area (Å²) in [4.78, 5) is 0. The maximum atomic E-state index is 9.55. The summed E-state index contributed by atoms with van der Waals surface area (Å²) in [6.07, 6.45) is 1.45. The summed E-state index contributed by atoms with van der Waals surface area (Å²) in [5.74, 6) is 0.919. The molecule has 0 bridgehead atoms. The largest absolute Gasteiger partial charge is 0.457 e. The first-order chi connectivity index (χ1) is 13.5. The zero-order chi connectivity index (χ0) is 20.3. The third-order valence-corrected chi connectivity index (χ3v) is 4.74. The van der Waals surface area contributed by atoms with E-state index in [1.54, 1.807) is 30.3 Å². The van der Waals surface area contributed by atoms with Gasteiger partial charge in [0.05, 0.1) is 28.8 Å². The fraction of sp³-hybridized carbons (Fsp3) is 0.105. The Hall–Kier alpha value is -3.23. The molecule has 0 atom stereocenters. The van der Waals surface area contributed by atoms with Crippen LogP contribution >= 0.6 is 23.2 Å². The van der Waals surface area contributed by atoms with Gasteiger partial charge in [-0.15, -0.1) is 0 Å². The molecule has 2 aromatic heterocycles. The van der Waals surface area contributed by atoms with Crippen molar-refractivity contribution >= 4 is 40.7 Å². The standard InChI is InChI=1S/C19H13Cl2N5O2/c20-15-3-1-2-13(17(15)21)16-5-4-12(28-16)8-11(9-22)18-14(10-23)19(24)26(25-18)6-7-27/h1-5,8,27H,6-7,24H2. The molecule has 1 aromatic carbocycles. The summed E-state index contributed by atoms with van der Waals surface area (Å²) in [7, 11) is 0. The number of nitriles is 2. The van der Waals surface area contributed by atoms with Gasteiger partial charge < -0.3 is 15.3 Å². The first kappa shape index (κ1) is 19.5. The molecule has 9 heteroatoms. The van der Waals surface area contributed by atoms with Gasteiger partial charge in [-0.05, 0) is 24.3 Å². The van der Waals surface area contributed by atoms with Gasteiger partial charge >= 0.3 is 0 Å². The Morgan fingerprint density at radius 3 is 2.75 bits per heavy atom. The zero-order valence-electron chi connectivity index (χ0n) is 14.4. The van der Waals surface area contributed by atoms with Crippen LogP contribution in [0.25, 0.3) is 23.0 Å². The molecule has 0 saturated carbocycles. The van der Waals surface area contributed by atoms with Crippen LogP contribution in [0.3, 0.4) is 0 Å². The number of nitrogens with zero attached hydrogens (tertiary/aromatic N) is 4. The van der Waals surface area contributed by atoms with Crippen LogP contribution < -0.4 is 5.73 Å². The summed E-state index contributed by atoms with van der Waals surface area (Å²) in [6.45, 7) is -0.0961. The summed E-state index contributed by atoms with van der Waals surface area (Å²) in [5, 5.41) is 32.9. The molecule has 3 N–H and O–H groups in total. The van der Waals surface area contributed by atoms with E-state index in [-0.39, 0.29) is 35.8 Å². The Morgan fingerprint density at radius 1 is 1.29 bits per heavy atom. The Balaban J connectivity index is 2.03. The summed E-state index contributed by atoms with van der Waals surface area (Å²) in [5.41, 5.74) is 6.77. The van der Waals surface area contributed by atoms with E-state index in [9.17, 15) is 10.5 Å². The molecule has 140 valence electrons. The van der Waals surface area contributed by atoms with Crippen LogP contribution in [-0.2, 0) is 6.54 Å². The average Bonchev–Trinajstić information content (AvgIpc) is 3.27. The Bertz CT molecular complexity index is 1150. The zero-order valence-corrected chi connectivity index (χ0v) is 15.9. The van der Waals surface area contributed by atoms with Gasteiger partial charge in [0, 0.05) is 11.6 Å². The van der Waals surface area contributed by atoms with Gasteiger partial charge in [0.1, 0.15) is 40.7 Å². The molecule has 0 fully saturated rings. The average molecular weight is 414 g/mol. The number of aliphatic hydroxyl groups is 1. The van der Waals surface area contributed by atoms with Crippen LogP contribution in [0.1, 0.15) is 17.0 Å². The van der Waals surface area contributed by atoms with Crippen molar-refractivity contribution in [1.29, 1.82) is 10.5 Å². The lowest BCUT2D eigenvalue weighted by Gasteiger charge is -2.02. The lowest BCUT2D eigenvalue weighted by Crippen LogP contribution is -2.07. The molecular formula is C19H13Cl2N5O2. The number of halogens is 2. The van der Waals surface area contributed by atoms with Crippen molar-refractivity contribution in [3.05, 3.63) is 57.4 Å². The molecule has 7 nitrogen and oxygen atoms in total. The number of furan rings is 1. The molecule has 2 heterocycles. The van der Waals surface area contributed by atoms with Crippen molar-refractivity contribution < 1.29 is 9.52 Å². The number of nitrogen functional groups attached to an aromatic ring is 1. The van der Waals surface area contributed by atoms with E-state index in [0.29, 0.717) is 27.1 Å². The van der Waals surface area contributed by atoms with Gasteiger partial charge in [0.25, 0.3) is 0 Å². The van der Waals surface area contributed by atoms with Crippen molar-refractivity contribution in [2.75, 3.05) is 12.3 Å². The van der Waals surface area contributed by atoms with Gasteiger partial charge in [0.2, 0.25) is 0 Å². The van der Waals surface area contributed by atoms with Crippen molar-refractivity contribution in [1.82, 2.24) is 9.78 Å². The quantitative estimate of drug-likeness (QED) is 0.609. The van der Waals surface area contributed by atoms with Crippen LogP contribution in [0.2, 0.25) is 10.0 Å². The molecule has 28 heavy (non-hydrogen) atoms. The smallest absolute Gasteiger partial charge is 0.140 e. The maximum absolute atomic E-state index is 9.55. The topological polar surface area (TPSA) is 125 Å². The van der Waals surface area contributed by atoms with E-state index < -0.39 is 0 Å². The number of aliphatic hydroxyl groups excluding tert-OH is 1. The summed E-state index contributed by atoms with van der Waals surface area (Å²) >= 11 is 12.2. The normalized spacial score (nSPS) is 11.2. The third-order valence-electron chi connectivity index (χ3n) is 3.92. The van der Waals surface area contributed by atoms with Crippen LogP contribution in [0.5, 0.6) is 0 Å². The number of anilines is 1. The van der Waals surface area contributed by atoms with Crippen LogP contribution in [0.4, 0.5) is 5.82 Å². The minimum absolute atomic E-state index is 0.0610. The molecule has 0 amide bonds. The van der Waals surface area contributed by atoms with Crippen LogP contribution in [-0.4, -0.2) is 21.5 Å². The molecule has 0 spiro atoms. The van der Waals surface area contributed by atoms with E-state index in [1.165, 1.54) is 10.8 Å². The lowest BCUT2D eigenvalue weighted by atomic mass is 10.1. The highest BCUT2D eigenvalue weighted by Gasteiger charge is 2.19. The Morgan fingerprint density at radius 2 is 2.07 bits per heavy atom. The number of nitrogens with two attached hydrogens (primary N) is 1. The molecule has 0 aliphatic heterocycles. The highest BCUT2D eigenvalue weighted by molar-refractivity contribution is 6.43. The van der Waals surface area contributed by atoms with Gasteiger partial charge in [-0.3, -0.25) is 0 Å². The third kappa shape index (κ3) is 3.60. The number of benzene rings is 1. The minimum atomic E-state index is -0.205. The highest BCUT2D eigenvalue weighted by atomic mass is 35.5. The number of rotatable bonds is 5. The van der Waals surface area contributed by atoms with E-state index in [0.717, 1.165) is 0 Å². The number of aromatic nitrogens is 2. The molecule has 3 rings (SSSR count). The van der Waals surface area contributed by atoms with Crippen molar-refractivity contribution in [2.24, 2.45) is 0 Å². The monoisotopic (exact) mass is 413 g/mol. The summed E-state index contributed by atoms with van der Waals surface area (Å²) < 4.78 is 7.03. The van der Waals surface area contributed by atoms with Gasteiger partial charge in [-0.25, -0.2) is 4.68 Å². The van der Waals surface area contributed by atoms with Crippen molar-refractivity contribution in [3.8, 4) is 23.5 Å². The number of hydrogen-bond acceptors (Lipinski definition) is 6. The highest BCUT2D eigenvalue weighted by Crippen LogP contribution is 2.35. The fourth-order valence-corrected chi connectivity index (χ4v) is 3.00. The lowest BCUT2D eigenvalue weighted by molar-refractivity contribution is 0.270. The molecule has 0 unspecified atom stereocenters. The second-order valence-electron chi connectivity index (χ2n) is 5.64. The molecule has 0 aliphatic carbocycles. The Labute approximate surface area is 170 Å². The maximum Gasteiger partial charge on any atom is 0.140 e. The van der Waals surface area contributed by atoms with E-state index in [2.05, 4.69) is 5.10 Å². The van der Waals surface area contributed by atoms with Gasteiger partial charge in [-0.2, -0.15) is 15.6 Å². The van der Waals surface area contributed by atoms with Crippen molar-refractivity contribution in [2.45, 2.75) is 6.54 Å². The number of allylic oxidation sites excluding steroid dienone is 1. The van der Waals surface area contributed by atoms with E-state index in [4.69, 9.17) is 38.5 Å². The molecule has 3 aromatic rings. The van der Waals surface area contributed by atoms with Crippen LogP contribution in [0, 0.1) is 22.7 Å².